The Morgan fingerprint density at radius 2 is 1.95 bits per heavy atom. The molecule has 1 nitrogen and oxygen atoms in total. The van der Waals surface area contributed by atoms with Gasteiger partial charge in [0.2, 0.25) is 0 Å². The minimum Gasteiger partial charge on any atom is -0.309 e. The first-order valence-corrected chi connectivity index (χ1v) is 8.08. The van der Waals surface area contributed by atoms with E-state index < -0.39 is 0 Å². The Balaban J connectivity index is 2.02. The van der Waals surface area contributed by atoms with E-state index in [-0.39, 0.29) is 0 Å². The molecule has 1 heteroatoms. The minimum absolute atomic E-state index is 1.11. The molecule has 0 fully saturated rings. The van der Waals surface area contributed by atoms with E-state index in [1.54, 1.807) is 5.57 Å². The van der Waals surface area contributed by atoms with Crippen LogP contribution < -0.4 is 0 Å². The minimum atomic E-state index is 1.11. The second-order valence-corrected chi connectivity index (χ2v) is 6.33. The first kappa shape index (κ1) is 14.3. The van der Waals surface area contributed by atoms with Crippen molar-refractivity contribution in [3.8, 4) is 0 Å². The largest absolute Gasteiger partial charge is 0.309 e. The maximum atomic E-state index is 2.45. The molecule has 0 aliphatic heterocycles. The van der Waals surface area contributed by atoms with Crippen LogP contribution in [0.15, 0.2) is 53.6 Å². The summed E-state index contributed by atoms with van der Waals surface area (Å²) in [5.74, 6) is 0. The molecule has 0 amide bonds. The molecule has 0 N–H and O–H groups in total. The molecule has 3 rings (SSSR count). The van der Waals surface area contributed by atoms with Crippen LogP contribution in [0.25, 0.3) is 5.57 Å². The number of aryl methyl sites for hydroxylation is 1. The molecule has 2 aliphatic carbocycles. The fraction of sp³-hybridized carbons (Fsp3) is 0.400. The van der Waals surface area contributed by atoms with Gasteiger partial charge in [-0.1, -0.05) is 48.1 Å². The van der Waals surface area contributed by atoms with E-state index in [0.29, 0.717) is 0 Å². The zero-order valence-corrected chi connectivity index (χ0v) is 13.2. The van der Waals surface area contributed by atoms with Gasteiger partial charge in [-0.15, -0.1) is 0 Å². The molecule has 21 heavy (non-hydrogen) atoms. The number of hydrogen-bond donors (Lipinski definition) is 0. The molecule has 0 bridgehead atoms. The highest BCUT2D eigenvalue weighted by atomic mass is 15.0. The Labute approximate surface area is 128 Å². The Morgan fingerprint density at radius 3 is 2.81 bits per heavy atom. The van der Waals surface area contributed by atoms with Crippen LogP contribution >= 0.6 is 0 Å². The van der Waals surface area contributed by atoms with Crippen LogP contribution in [0.2, 0.25) is 0 Å². The Morgan fingerprint density at radius 1 is 1.10 bits per heavy atom. The Hall–Kier alpha value is -1.60. The predicted octanol–water partition coefficient (Wildman–Crippen LogP) is 4.61. The summed E-state index contributed by atoms with van der Waals surface area (Å²) >= 11 is 0. The van der Waals surface area contributed by atoms with Crippen molar-refractivity contribution in [2.45, 2.75) is 32.1 Å². The fourth-order valence-electron chi connectivity index (χ4n) is 3.37. The number of allylic oxidation sites excluding steroid dienone is 5. The fourth-order valence-corrected chi connectivity index (χ4v) is 3.37. The van der Waals surface area contributed by atoms with Gasteiger partial charge in [0.05, 0.1) is 0 Å². The van der Waals surface area contributed by atoms with Crippen molar-refractivity contribution in [3.05, 3.63) is 64.8 Å². The third-order valence-corrected chi connectivity index (χ3v) is 4.50. The summed E-state index contributed by atoms with van der Waals surface area (Å²) < 4.78 is 0. The summed E-state index contributed by atoms with van der Waals surface area (Å²) in [6.45, 7) is 1.11. The van der Waals surface area contributed by atoms with Crippen LogP contribution in [-0.4, -0.2) is 25.5 Å². The lowest BCUT2D eigenvalue weighted by Crippen LogP contribution is -2.12. The summed E-state index contributed by atoms with van der Waals surface area (Å²) in [7, 11) is 4.29. The Bertz CT molecular complexity index is 602. The zero-order valence-electron chi connectivity index (χ0n) is 13.2. The smallest absolute Gasteiger partial charge is 0.00101 e. The van der Waals surface area contributed by atoms with Gasteiger partial charge in [-0.3, -0.25) is 0 Å². The zero-order chi connectivity index (χ0) is 14.7. The van der Waals surface area contributed by atoms with Gasteiger partial charge in [0.1, 0.15) is 0 Å². The highest BCUT2D eigenvalue weighted by molar-refractivity contribution is 5.85. The first-order valence-electron chi connectivity index (χ1n) is 8.08. The van der Waals surface area contributed by atoms with E-state index in [9.17, 15) is 0 Å². The quantitative estimate of drug-likeness (QED) is 0.780. The van der Waals surface area contributed by atoms with Crippen LogP contribution in [0.4, 0.5) is 0 Å². The normalized spacial score (nSPS) is 19.7. The molecule has 0 radical (unpaired) electrons. The third kappa shape index (κ3) is 3.19. The summed E-state index contributed by atoms with van der Waals surface area (Å²) in [5.41, 5.74) is 7.59. The molecule has 0 atom stereocenters. The molecule has 0 heterocycles. The SMILES string of the molecule is CN(C)CC/C=C1\C2=C(CCC=C2)CCc2ccccc21. The summed E-state index contributed by atoms with van der Waals surface area (Å²) in [5, 5.41) is 0. The number of rotatable bonds is 3. The van der Waals surface area contributed by atoms with Gasteiger partial charge >= 0.3 is 0 Å². The van der Waals surface area contributed by atoms with Gasteiger partial charge in [0.25, 0.3) is 0 Å². The van der Waals surface area contributed by atoms with Crippen molar-refractivity contribution in [3.63, 3.8) is 0 Å². The standard InChI is InChI=1S/C20H25N/c1-21(2)15-7-12-20-18-10-5-3-8-16(18)13-14-17-9-4-6-11-19(17)20/h3,5-6,8,10-12H,4,7,9,13-15H2,1-2H3/b20-12-. The molecule has 1 aromatic rings. The monoisotopic (exact) mass is 279 g/mol. The molecular weight excluding hydrogens is 254 g/mol. The van der Waals surface area contributed by atoms with Gasteiger partial charge in [-0.2, -0.15) is 0 Å². The van der Waals surface area contributed by atoms with E-state index in [0.717, 1.165) is 13.0 Å². The lowest BCUT2D eigenvalue weighted by molar-refractivity contribution is 0.417. The maximum absolute atomic E-state index is 2.45. The lowest BCUT2D eigenvalue weighted by atomic mass is 9.88. The highest BCUT2D eigenvalue weighted by Crippen LogP contribution is 2.38. The van der Waals surface area contributed by atoms with Crippen molar-refractivity contribution < 1.29 is 0 Å². The molecule has 0 aromatic heterocycles. The van der Waals surface area contributed by atoms with Crippen molar-refractivity contribution in [2.24, 2.45) is 0 Å². The van der Waals surface area contributed by atoms with Gasteiger partial charge < -0.3 is 4.90 Å². The van der Waals surface area contributed by atoms with Crippen molar-refractivity contribution >= 4 is 5.57 Å². The number of hydrogen-bond acceptors (Lipinski definition) is 1. The molecule has 0 unspecified atom stereocenters. The predicted molar refractivity (Wildman–Crippen MR) is 91.3 cm³/mol. The summed E-state index contributed by atoms with van der Waals surface area (Å²) in [6.07, 6.45) is 13.1. The summed E-state index contributed by atoms with van der Waals surface area (Å²) in [6, 6.07) is 8.96. The van der Waals surface area contributed by atoms with Gasteiger partial charge in [-0.25, -0.2) is 0 Å². The second-order valence-electron chi connectivity index (χ2n) is 6.33. The molecule has 2 aliphatic rings. The summed E-state index contributed by atoms with van der Waals surface area (Å²) in [4.78, 5) is 2.26. The van der Waals surface area contributed by atoms with Gasteiger partial charge in [0, 0.05) is 6.54 Å². The van der Waals surface area contributed by atoms with Crippen LogP contribution in [0, 0.1) is 0 Å². The van der Waals surface area contributed by atoms with Crippen molar-refractivity contribution in [1.29, 1.82) is 0 Å². The van der Waals surface area contributed by atoms with Crippen LogP contribution in [0.3, 0.4) is 0 Å². The Kier molecular flexibility index (Phi) is 4.40. The number of nitrogens with zero attached hydrogens (tertiary/aromatic N) is 1. The van der Waals surface area contributed by atoms with Crippen LogP contribution in [0.5, 0.6) is 0 Å². The van der Waals surface area contributed by atoms with Crippen molar-refractivity contribution in [1.82, 2.24) is 4.90 Å². The van der Waals surface area contributed by atoms with E-state index >= 15 is 0 Å². The van der Waals surface area contributed by atoms with Crippen molar-refractivity contribution in [2.75, 3.05) is 20.6 Å². The molecular formula is C20H25N. The topological polar surface area (TPSA) is 3.24 Å². The average molecular weight is 279 g/mol. The van der Waals surface area contributed by atoms with Crippen LogP contribution in [-0.2, 0) is 6.42 Å². The van der Waals surface area contributed by atoms with Gasteiger partial charge in [0.15, 0.2) is 0 Å². The van der Waals surface area contributed by atoms with E-state index in [1.165, 1.54) is 48.0 Å². The third-order valence-electron chi connectivity index (χ3n) is 4.50. The van der Waals surface area contributed by atoms with Gasteiger partial charge in [-0.05, 0) is 68.5 Å². The molecule has 110 valence electrons. The molecule has 0 saturated carbocycles. The highest BCUT2D eigenvalue weighted by Gasteiger charge is 2.19. The maximum Gasteiger partial charge on any atom is 0.00101 e. The van der Waals surface area contributed by atoms with E-state index in [2.05, 4.69) is 61.5 Å². The molecule has 0 spiro atoms. The number of fused-ring (bicyclic) bond motifs is 1. The second kappa shape index (κ2) is 6.44. The molecule has 1 aromatic carbocycles. The first-order chi connectivity index (χ1) is 10.3. The van der Waals surface area contributed by atoms with E-state index in [4.69, 9.17) is 0 Å². The lowest BCUT2D eigenvalue weighted by Gasteiger charge is -2.17. The average Bonchev–Trinajstić information content (AvgIpc) is 2.65. The number of benzene rings is 1. The van der Waals surface area contributed by atoms with Crippen LogP contribution in [0.1, 0.15) is 36.8 Å². The van der Waals surface area contributed by atoms with E-state index in [1.807, 2.05) is 0 Å². The molecule has 0 saturated heterocycles.